The summed E-state index contributed by atoms with van der Waals surface area (Å²) in [5, 5.41) is 2.95. The third-order valence-electron chi connectivity index (χ3n) is 6.12. The first-order valence-electron chi connectivity index (χ1n) is 9.84. The molecule has 1 N–H and O–H groups in total. The Morgan fingerprint density at radius 2 is 1.58 bits per heavy atom. The zero-order chi connectivity index (χ0) is 23.8. The summed E-state index contributed by atoms with van der Waals surface area (Å²) in [4.78, 5) is 39.0. The fourth-order valence-electron chi connectivity index (χ4n) is 4.56. The highest BCUT2D eigenvalue weighted by molar-refractivity contribution is 6.23. The van der Waals surface area contributed by atoms with Crippen LogP contribution in [0.1, 0.15) is 38.5 Å². The Morgan fingerprint density at radius 3 is 2.24 bits per heavy atom. The molecular formula is C23H15F4N3O3. The molecule has 3 aromatic rings. The van der Waals surface area contributed by atoms with E-state index in [9.17, 15) is 27.6 Å². The number of rotatable bonds is 1. The number of allylic oxidation sites excluding steroid dienone is 1. The first kappa shape index (κ1) is 20.9. The van der Waals surface area contributed by atoms with Crippen molar-refractivity contribution in [2.45, 2.75) is 12.1 Å². The number of aromatic nitrogens is 2. The SMILES string of the molecule is Cn1c2c(c(=O)n(C)c1=O)C(c1cccc(C(F)(F)F)c1F)C1=C(N2)c2ccccc2C1=O. The van der Waals surface area contributed by atoms with Gasteiger partial charge in [0.25, 0.3) is 5.56 Å². The number of carbonyl (C=O) groups is 1. The molecule has 0 saturated heterocycles. The lowest BCUT2D eigenvalue weighted by atomic mass is 9.80. The van der Waals surface area contributed by atoms with Gasteiger partial charge in [0.15, 0.2) is 5.78 Å². The lowest BCUT2D eigenvalue weighted by Gasteiger charge is -2.30. The number of benzene rings is 2. The second kappa shape index (κ2) is 6.77. The van der Waals surface area contributed by atoms with Gasteiger partial charge in [0, 0.05) is 36.4 Å². The summed E-state index contributed by atoms with van der Waals surface area (Å²) in [6.07, 6.45) is -4.98. The van der Waals surface area contributed by atoms with E-state index in [-0.39, 0.29) is 28.2 Å². The molecule has 0 saturated carbocycles. The van der Waals surface area contributed by atoms with E-state index in [0.29, 0.717) is 11.6 Å². The number of anilines is 1. The topological polar surface area (TPSA) is 73.1 Å². The van der Waals surface area contributed by atoms with Gasteiger partial charge in [0.1, 0.15) is 11.6 Å². The van der Waals surface area contributed by atoms with Crippen LogP contribution in [-0.4, -0.2) is 14.9 Å². The number of nitrogens with zero attached hydrogens (tertiary/aromatic N) is 2. The summed E-state index contributed by atoms with van der Waals surface area (Å²) in [5.74, 6) is -3.57. The summed E-state index contributed by atoms with van der Waals surface area (Å²) >= 11 is 0. The van der Waals surface area contributed by atoms with Crippen LogP contribution >= 0.6 is 0 Å². The number of hydrogen-bond donors (Lipinski definition) is 1. The minimum absolute atomic E-state index is 0.00633. The average molecular weight is 457 g/mol. The number of halogens is 4. The van der Waals surface area contributed by atoms with E-state index >= 15 is 4.39 Å². The molecule has 0 spiro atoms. The van der Waals surface area contributed by atoms with Crippen molar-refractivity contribution in [3.8, 4) is 0 Å². The number of hydrogen-bond acceptors (Lipinski definition) is 4. The van der Waals surface area contributed by atoms with Crippen LogP contribution in [0.25, 0.3) is 5.70 Å². The molecule has 0 amide bonds. The summed E-state index contributed by atoms with van der Waals surface area (Å²) < 4.78 is 57.6. The van der Waals surface area contributed by atoms with E-state index in [2.05, 4.69) is 5.32 Å². The van der Waals surface area contributed by atoms with Crippen molar-refractivity contribution in [2.75, 3.05) is 5.32 Å². The highest BCUT2D eigenvalue weighted by Gasteiger charge is 2.45. The lowest BCUT2D eigenvalue weighted by Crippen LogP contribution is -2.43. The van der Waals surface area contributed by atoms with Gasteiger partial charge in [-0.15, -0.1) is 0 Å². The van der Waals surface area contributed by atoms with Gasteiger partial charge in [-0.25, -0.2) is 9.18 Å². The smallest absolute Gasteiger partial charge is 0.340 e. The molecule has 6 nitrogen and oxygen atoms in total. The average Bonchev–Trinajstić information content (AvgIpc) is 3.06. The molecule has 33 heavy (non-hydrogen) atoms. The highest BCUT2D eigenvalue weighted by Crippen LogP contribution is 2.49. The van der Waals surface area contributed by atoms with Crippen LogP contribution in [0.15, 0.2) is 57.6 Å². The molecule has 0 bridgehead atoms. The fraction of sp³-hybridized carbons (Fsp3) is 0.174. The van der Waals surface area contributed by atoms with Gasteiger partial charge in [-0.1, -0.05) is 36.4 Å². The number of alkyl halides is 3. The van der Waals surface area contributed by atoms with Crippen molar-refractivity contribution in [1.82, 2.24) is 9.13 Å². The van der Waals surface area contributed by atoms with E-state index in [4.69, 9.17) is 0 Å². The molecule has 2 aliphatic rings. The summed E-state index contributed by atoms with van der Waals surface area (Å²) in [6, 6.07) is 9.21. The lowest BCUT2D eigenvalue weighted by molar-refractivity contribution is -0.140. The molecule has 10 heteroatoms. The van der Waals surface area contributed by atoms with E-state index < -0.39 is 46.1 Å². The van der Waals surface area contributed by atoms with Gasteiger partial charge < -0.3 is 5.32 Å². The largest absolute Gasteiger partial charge is 0.419 e. The summed E-state index contributed by atoms with van der Waals surface area (Å²) in [5.41, 5.74) is -2.78. The van der Waals surface area contributed by atoms with Crippen molar-refractivity contribution < 1.29 is 22.4 Å². The number of fused-ring (bicyclic) bond motifs is 3. The number of ketones is 1. The van der Waals surface area contributed by atoms with Crippen molar-refractivity contribution in [3.63, 3.8) is 0 Å². The maximum absolute atomic E-state index is 15.3. The number of Topliss-reactive ketones (excluding diaryl/α,β-unsaturated/α-hetero) is 1. The van der Waals surface area contributed by atoms with Crippen LogP contribution < -0.4 is 16.6 Å². The fourth-order valence-corrected chi connectivity index (χ4v) is 4.56. The Kier molecular flexibility index (Phi) is 4.29. The second-order valence-corrected chi connectivity index (χ2v) is 7.90. The Hall–Kier alpha value is -3.95. The molecule has 0 fully saturated rings. The molecule has 2 heterocycles. The van der Waals surface area contributed by atoms with E-state index in [1.807, 2.05) is 0 Å². The monoisotopic (exact) mass is 457 g/mol. The molecule has 1 aliphatic heterocycles. The standard InChI is InChI=1S/C23H15F4N3O3/c1-29-20-16(21(32)30(2)22(29)33)14(12-8-5-9-13(17(12)24)23(25,26)27)15-18(28-20)10-6-3-4-7-11(10)19(15)31/h3-9,14,28H,1-2H3. The maximum Gasteiger partial charge on any atom is 0.419 e. The molecule has 2 aromatic carbocycles. The number of nitrogens with one attached hydrogen (secondary N) is 1. The van der Waals surface area contributed by atoms with Crippen LogP contribution in [0.3, 0.4) is 0 Å². The quantitative estimate of drug-likeness (QED) is 0.569. The molecule has 1 atom stereocenters. The molecule has 1 unspecified atom stereocenters. The Morgan fingerprint density at radius 1 is 0.909 bits per heavy atom. The molecule has 0 radical (unpaired) electrons. The zero-order valence-corrected chi connectivity index (χ0v) is 17.2. The van der Waals surface area contributed by atoms with Crippen LogP contribution in [0, 0.1) is 5.82 Å². The van der Waals surface area contributed by atoms with Gasteiger partial charge in [-0.05, 0) is 6.07 Å². The maximum atomic E-state index is 15.3. The highest BCUT2D eigenvalue weighted by atomic mass is 19.4. The van der Waals surface area contributed by atoms with Gasteiger partial charge in [0.2, 0.25) is 0 Å². The van der Waals surface area contributed by atoms with Gasteiger partial charge >= 0.3 is 11.9 Å². The van der Waals surface area contributed by atoms with Crippen LogP contribution in [0.4, 0.5) is 23.4 Å². The molecule has 1 aromatic heterocycles. The third-order valence-corrected chi connectivity index (χ3v) is 6.12. The molecule has 168 valence electrons. The van der Waals surface area contributed by atoms with Crippen LogP contribution in [0.2, 0.25) is 0 Å². The van der Waals surface area contributed by atoms with E-state index in [1.165, 1.54) is 14.1 Å². The predicted octanol–water partition coefficient (Wildman–Crippen LogP) is 3.41. The third kappa shape index (κ3) is 2.76. The van der Waals surface area contributed by atoms with Crippen LogP contribution in [-0.2, 0) is 20.3 Å². The summed E-state index contributed by atoms with van der Waals surface area (Å²) in [7, 11) is 2.58. The Bertz CT molecular complexity index is 1530. The minimum atomic E-state index is -4.98. The second-order valence-electron chi connectivity index (χ2n) is 7.90. The Balaban J connectivity index is 1.91. The predicted molar refractivity (Wildman–Crippen MR) is 111 cm³/mol. The molecule has 1 aliphatic carbocycles. The van der Waals surface area contributed by atoms with Crippen molar-refractivity contribution in [1.29, 1.82) is 0 Å². The van der Waals surface area contributed by atoms with Crippen molar-refractivity contribution >= 4 is 17.3 Å². The van der Waals surface area contributed by atoms with E-state index in [1.54, 1.807) is 24.3 Å². The Labute approximate surface area is 183 Å². The van der Waals surface area contributed by atoms with Crippen molar-refractivity contribution in [2.24, 2.45) is 14.1 Å². The first-order valence-corrected chi connectivity index (χ1v) is 9.84. The molecule has 5 rings (SSSR count). The number of carbonyl (C=O) groups excluding carboxylic acids is 1. The normalized spacial score (nSPS) is 16.9. The molecular weight excluding hydrogens is 442 g/mol. The van der Waals surface area contributed by atoms with Gasteiger partial charge in [0.05, 0.1) is 22.7 Å². The van der Waals surface area contributed by atoms with E-state index in [0.717, 1.165) is 21.3 Å². The van der Waals surface area contributed by atoms with Gasteiger partial charge in [-0.3, -0.25) is 18.7 Å². The first-order chi connectivity index (χ1) is 15.5. The van der Waals surface area contributed by atoms with Crippen molar-refractivity contribution in [3.05, 3.63) is 103 Å². The van der Waals surface area contributed by atoms with Gasteiger partial charge in [-0.2, -0.15) is 13.2 Å². The van der Waals surface area contributed by atoms with Crippen LogP contribution in [0.5, 0.6) is 0 Å². The minimum Gasteiger partial charge on any atom is -0.340 e. The zero-order valence-electron chi connectivity index (χ0n) is 17.2. The summed E-state index contributed by atoms with van der Waals surface area (Å²) in [6.45, 7) is 0.